The average Bonchev–Trinajstić information content (AvgIpc) is 2.98. The highest BCUT2D eigenvalue weighted by Crippen LogP contribution is 2.32. The van der Waals surface area contributed by atoms with Gasteiger partial charge in [0.1, 0.15) is 5.82 Å². The lowest BCUT2D eigenvalue weighted by molar-refractivity contribution is -0.141. The molecule has 5 nitrogen and oxygen atoms in total. The first-order valence-corrected chi connectivity index (χ1v) is 8.54. The minimum absolute atomic E-state index is 0.212. The fourth-order valence-electron chi connectivity index (χ4n) is 3.31. The molecule has 0 atom stereocenters. The molecule has 1 saturated heterocycles. The molecule has 1 aromatic heterocycles. The van der Waals surface area contributed by atoms with Gasteiger partial charge in [-0.05, 0) is 57.5 Å². The summed E-state index contributed by atoms with van der Waals surface area (Å²) in [5.41, 5.74) is 1.48. The summed E-state index contributed by atoms with van der Waals surface area (Å²) in [5, 5.41) is 5.11. The van der Waals surface area contributed by atoms with Crippen molar-refractivity contribution in [3.63, 3.8) is 0 Å². The van der Waals surface area contributed by atoms with Gasteiger partial charge in [-0.3, -0.25) is 4.79 Å². The molecule has 2 heterocycles. The first-order chi connectivity index (χ1) is 11.6. The number of carbonyl (C=O) groups excluding carboxylic acids is 1. The third-order valence-electron chi connectivity index (χ3n) is 4.61. The summed E-state index contributed by atoms with van der Waals surface area (Å²) in [6.45, 7) is 5.01. The van der Waals surface area contributed by atoms with E-state index in [2.05, 4.69) is 10.1 Å². The Labute approximate surface area is 140 Å². The molecular formula is C18H23FN2O3. The summed E-state index contributed by atoms with van der Waals surface area (Å²) in [5.74, 6) is -0.140. The van der Waals surface area contributed by atoms with E-state index < -0.39 is 0 Å². The minimum atomic E-state index is -0.297. The van der Waals surface area contributed by atoms with Crippen molar-refractivity contribution in [2.24, 2.45) is 0 Å². The highest BCUT2D eigenvalue weighted by Gasteiger charge is 2.24. The quantitative estimate of drug-likeness (QED) is 0.598. The Kier molecular flexibility index (Phi) is 5.45. The molecule has 0 amide bonds. The number of hydrogen-bond donors (Lipinski definition) is 0. The predicted octanol–water partition coefficient (Wildman–Crippen LogP) is 3.49. The zero-order valence-corrected chi connectivity index (χ0v) is 14.0. The number of benzene rings is 1. The van der Waals surface area contributed by atoms with Crippen molar-refractivity contribution in [2.75, 3.05) is 26.2 Å². The van der Waals surface area contributed by atoms with Crippen molar-refractivity contribution >= 4 is 16.9 Å². The summed E-state index contributed by atoms with van der Waals surface area (Å²) in [7, 11) is 0. The van der Waals surface area contributed by atoms with Gasteiger partial charge in [0.15, 0.2) is 5.58 Å². The largest absolute Gasteiger partial charge is 0.466 e. The van der Waals surface area contributed by atoms with Crippen LogP contribution in [0.1, 0.15) is 44.2 Å². The predicted molar refractivity (Wildman–Crippen MR) is 88.2 cm³/mol. The first-order valence-electron chi connectivity index (χ1n) is 8.54. The van der Waals surface area contributed by atoms with Gasteiger partial charge in [-0.25, -0.2) is 4.39 Å². The summed E-state index contributed by atoms with van der Waals surface area (Å²) < 4.78 is 23.5. The monoisotopic (exact) mass is 334 g/mol. The van der Waals surface area contributed by atoms with Crippen LogP contribution in [0.15, 0.2) is 22.7 Å². The number of ether oxygens (including phenoxy) is 1. The van der Waals surface area contributed by atoms with Crippen molar-refractivity contribution < 1.29 is 18.4 Å². The van der Waals surface area contributed by atoms with E-state index in [1.54, 1.807) is 6.07 Å². The lowest BCUT2D eigenvalue weighted by atomic mass is 9.91. The maximum absolute atomic E-state index is 13.2. The van der Waals surface area contributed by atoms with Crippen LogP contribution in [0.25, 0.3) is 11.0 Å². The number of unbranched alkanes of at least 4 members (excludes halogenated alkanes) is 1. The topological polar surface area (TPSA) is 55.6 Å². The van der Waals surface area contributed by atoms with E-state index in [-0.39, 0.29) is 11.8 Å². The lowest BCUT2D eigenvalue weighted by Gasteiger charge is -2.31. The molecule has 0 unspecified atom stereocenters. The number of fused-ring (bicyclic) bond motifs is 1. The minimum Gasteiger partial charge on any atom is -0.466 e. The highest BCUT2D eigenvalue weighted by atomic mass is 19.1. The van der Waals surface area contributed by atoms with E-state index in [1.165, 1.54) is 19.1 Å². The van der Waals surface area contributed by atoms with E-state index in [1.807, 2.05) is 0 Å². The number of carbonyl (C=O) groups is 1. The van der Waals surface area contributed by atoms with Gasteiger partial charge in [-0.1, -0.05) is 5.16 Å². The highest BCUT2D eigenvalue weighted by molar-refractivity contribution is 5.79. The molecule has 0 radical (unpaired) electrons. The average molecular weight is 334 g/mol. The summed E-state index contributed by atoms with van der Waals surface area (Å²) in [6, 6.07) is 4.61. The van der Waals surface area contributed by atoms with Gasteiger partial charge in [0.05, 0.1) is 12.3 Å². The van der Waals surface area contributed by atoms with Crippen molar-refractivity contribution in [3.05, 3.63) is 29.7 Å². The number of aromatic nitrogens is 1. The van der Waals surface area contributed by atoms with E-state index in [9.17, 15) is 9.18 Å². The lowest BCUT2D eigenvalue weighted by Crippen LogP contribution is -2.33. The number of piperidine rings is 1. The van der Waals surface area contributed by atoms with Gasteiger partial charge in [0.2, 0.25) is 0 Å². The van der Waals surface area contributed by atoms with Gasteiger partial charge < -0.3 is 14.2 Å². The molecule has 1 aliphatic rings. The fourth-order valence-corrected chi connectivity index (χ4v) is 3.31. The number of hydrogen-bond acceptors (Lipinski definition) is 5. The molecule has 0 saturated carbocycles. The molecule has 130 valence electrons. The molecule has 0 aliphatic carbocycles. The Morgan fingerprint density at radius 3 is 2.92 bits per heavy atom. The standard InChI is InChI=1S/C18H23FN2O3/c1-13(22)23-11-3-2-8-21-9-6-14(7-10-21)18-16-5-4-15(19)12-17(16)24-20-18/h4-5,12,14H,2-3,6-11H2,1H3. The Morgan fingerprint density at radius 2 is 2.17 bits per heavy atom. The van der Waals surface area contributed by atoms with Gasteiger partial charge in [-0.2, -0.15) is 0 Å². The van der Waals surface area contributed by atoms with E-state index in [4.69, 9.17) is 9.26 Å². The van der Waals surface area contributed by atoms with Crippen LogP contribution in [0.4, 0.5) is 4.39 Å². The number of likely N-dealkylation sites (tertiary alicyclic amines) is 1. The molecule has 3 rings (SSSR count). The molecule has 0 spiro atoms. The molecule has 0 N–H and O–H groups in total. The Hall–Kier alpha value is -1.95. The third-order valence-corrected chi connectivity index (χ3v) is 4.61. The van der Waals surface area contributed by atoms with Crippen molar-refractivity contribution in [2.45, 2.75) is 38.5 Å². The smallest absolute Gasteiger partial charge is 0.302 e. The van der Waals surface area contributed by atoms with Crippen molar-refractivity contribution in [1.82, 2.24) is 10.1 Å². The van der Waals surface area contributed by atoms with Crippen LogP contribution in [0.3, 0.4) is 0 Å². The van der Waals surface area contributed by atoms with Gasteiger partial charge in [-0.15, -0.1) is 0 Å². The van der Waals surface area contributed by atoms with E-state index in [0.29, 0.717) is 18.1 Å². The van der Waals surface area contributed by atoms with Crippen LogP contribution >= 0.6 is 0 Å². The summed E-state index contributed by atoms with van der Waals surface area (Å²) in [6.07, 6.45) is 4.00. The van der Waals surface area contributed by atoms with Crippen LogP contribution in [-0.4, -0.2) is 42.3 Å². The van der Waals surface area contributed by atoms with Crippen LogP contribution in [-0.2, 0) is 9.53 Å². The van der Waals surface area contributed by atoms with Crippen LogP contribution in [0.5, 0.6) is 0 Å². The van der Waals surface area contributed by atoms with Gasteiger partial charge >= 0.3 is 5.97 Å². The maximum Gasteiger partial charge on any atom is 0.302 e. The number of halogens is 1. The van der Waals surface area contributed by atoms with Gasteiger partial charge in [0, 0.05) is 24.3 Å². The second kappa shape index (κ2) is 7.75. The molecule has 24 heavy (non-hydrogen) atoms. The molecule has 6 heteroatoms. The first kappa shape index (κ1) is 16.9. The molecule has 0 bridgehead atoms. The van der Waals surface area contributed by atoms with Crippen LogP contribution < -0.4 is 0 Å². The van der Waals surface area contributed by atoms with Crippen LogP contribution in [0.2, 0.25) is 0 Å². The van der Waals surface area contributed by atoms with E-state index >= 15 is 0 Å². The Morgan fingerprint density at radius 1 is 1.38 bits per heavy atom. The zero-order chi connectivity index (χ0) is 16.9. The molecule has 1 aromatic carbocycles. The molecule has 1 fully saturated rings. The van der Waals surface area contributed by atoms with Crippen molar-refractivity contribution in [1.29, 1.82) is 0 Å². The maximum atomic E-state index is 13.2. The fraction of sp³-hybridized carbons (Fsp3) is 0.556. The number of rotatable bonds is 6. The second-order valence-corrected chi connectivity index (χ2v) is 6.37. The third kappa shape index (κ3) is 4.12. The zero-order valence-electron chi connectivity index (χ0n) is 14.0. The van der Waals surface area contributed by atoms with E-state index in [0.717, 1.165) is 56.4 Å². The SMILES string of the molecule is CC(=O)OCCCCN1CCC(c2noc3cc(F)ccc23)CC1. The summed E-state index contributed by atoms with van der Waals surface area (Å²) in [4.78, 5) is 13.1. The number of nitrogens with zero attached hydrogens (tertiary/aromatic N) is 2. The second-order valence-electron chi connectivity index (χ2n) is 6.37. The number of esters is 1. The van der Waals surface area contributed by atoms with Crippen LogP contribution in [0, 0.1) is 5.82 Å². The van der Waals surface area contributed by atoms with Crippen molar-refractivity contribution in [3.8, 4) is 0 Å². The summed E-state index contributed by atoms with van der Waals surface area (Å²) >= 11 is 0. The molecular weight excluding hydrogens is 311 g/mol. The Bertz CT molecular complexity index is 693. The molecule has 1 aliphatic heterocycles. The van der Waals surface area contributed by atoms with Gasteiger partial charge in [0.25, 0.3) is 0 Å². The normalized spacial score (nSPS) is 16.6. The molecule has 2 aromatic rings. The Balaban J connectivity index is 1.47.